The average molecular weight is 214 g/mol. The fraction of sp³-hybridized carbons (Fsp3) is 1.00. The minimum absolute atomic E-state index is 0.358. The van der Waals surface area contributed by atoms with Gasteiger partial charge in [-0.15, -0.1) is 0 Å². The number of hydrogen-bond acceptors (Lipinski definition) is 3. The first-order valence-electron chi connectivity index (χ1n) is 6.05. The molecule has 3 heteroatoms. The van der Waals surface area contributed by atoms with Crippen LogP contribution in [0.25, 0.3) is 0 Å². The standard InChI is InChI=1S/C12H26N2O/c1-12(2,3)9-11(10-13)14-5-4-7-15-8-6-14/h11H,4-10,13H2,1-3H3. The normalized spacial score (nSPS) is 22.4. The highest BCUT2D eigenvalue weighted by molar-refractivity contribution is 4.79. The van der Waals surface area contributed by atoms with E-state index in [-0.39, 0.29) is 0 Å². The number of nitrogens with two attached hydrogens (primary N) is 1. The predicted octanol–water partition coefficient (Wildman–Crippen LogP) is 1.47. The maximum absolute atomic E-state index is 5.88. The summed E-state index contributed by atoms with van der Waals surface area (Å²) < 4.78 is 5.47. The second kappa shape index (κ2) is 5.83. The van der Waals surface area contributed by atoms with E-state index in [1.165, 1.54) is 6.42 Å². The van der Waals surface area contributed by atoms with E-state index < -0.39 is 0 Å². The second-order valence-corrected chi connectivity index (χ2v) is 5.66. The van der Waals surface area contributed by atoms with Crippen molar-refractivity contribution in [2.24, 2.45) is 11.1 Å². The lowest BCUT2D eigenvalue weighted by Gasteiger charge is -2.33. The van der Waals surface area contributed by atoms with Crippen molar-refractivity contribution in [3.05, 3.63) is 0 Å². The Labute approximate surface area is 94.0 Å². The molecule has 15 heavy (non-hydrogen) atoms. The van der Waals surface area contributed by atoms with Gasteiger partial charge in [-0.2, -0.15) is 0 Å². The maximum atomic E-state index is 5.88. The minimum atomic E-state index is 0.358. The van der Waals surface area contributed by atoms with Crippen LogP contribution >= 0.6 is 0 Å². The highest BCUT2D eigenvalue weighted by atomic mass is 16.5. The summed E-state index contributed by atoms with van der Waals surface area (Å²) in [5.74, 6) is 0. The molecule has 0 aromatic carbocycles. The lowest BCUT2D eigenvalue weighted by atomic mass is 9.87. The Kier molecular flexibility index (Phi) is 5.03. The molecule has 2 N–H and O–H groups in total. The number of rotatable bonds is 3. The van der Waals surface area contributed by atoms with Gasteiger partial charge in [-0.1, -0.05) is 20.8 Å². The van der Waals surface area contributed by atoms with Crippen molar-refractivity contribution in [2.75, 3.05) is 32.8 Å². The Bertz CT molecular complexity index is 169. The zero-order valence-electron chi connectivity index (χ0n) is 10.5. The molecule has 1 rings (SSSR count). The molecule has 0 aliphatic carbocycles. The highest BCUT2D eigenvalue weighted by Gasteiger charge is 2.23. The summed E-state index contributed by atoms with van der Waals surface area (Å²) in [6.07, 6.45) is 2.31. The molecular weight excluding hydrogens is 188 g/mol. The van der Waals surface area contributed by atoms with E-state index in [4.69, 9.17) is 10.5 Å². The van der Waals surface area contributed by atoms with Crippen LogP contribution in [0.2, 0.25) is 0 Å². The Morgan fingerprint density at radius 3 is 2.60 bits per heavy atom. The summed E-state index contributed by atoms with van der Waals surface area (Å²) in [6.45, 7) is 11.6. The highest BCUT2D eigenvalue weighted by Crippen LogP contribution is 2.23. The SMILES string of the molecule is CC(C)(C)CC(CN)N1CCCOCC1. The fourth-order valence-electron chi connectivity index (χ4n) is 2.20. The molecule has 1 aliphatic heterocycles. The van der Waals surface area contributed by atoms with Crippen molar-refractivity contribution < 1.29 is 4.74 Å². The van der Waals surface area contributed by atoms with Crippen molar-refractivity contribution >= 4 is 0 Å². The third kappa shape index (κ3) is 4.96. The van der Waals surface area contributed by atoms with E-state index in [2.05, 4.69) is 25.7 Å². The summed E-state index contributed by atoms with van der Waals surface area (Å²) in [7, 11) is 0. The van der Waals surface area contributed by atoms with E-state index in [1.54, 1.807) is 0 Å². The van der Waals surface area contributed by atoms with Crippen LogP contribution in [0.15, 0.2) is 0 Å². The van der Waals surface area contributed by atoms with Gasteiger partial charge in [-0.25, -0.2) is 0 Å². The zero-order valence-corrected chi connectivity index (χ0v) is 10.5. The van der Waals surface area contributed by atoms with Crippen LogP contribution in [0.4, 0.5) is 0 Å². The quantitative estimate of drug-likeness (QED) is 0.773. The summed E-state index contributed by atoms with van der Waals surface area (Å²) in [4.78, 5) is 2.50. The smallest absolute Gasteiger partial charge is 0.0593 e. The molecular formula is C12H26N2O. The molecule has 0 saturated carbocycles. The molecule has 1 fully saturated rings. The summed E-state index contributed by atoms with van der Waals surface area (Å²) in [5, 5.41) is 0. The van der Waals surface area contributed by atoms with Crippen molar-refractivity contribution in [1.29, 1.82) is 0 Å². The van der Waals surface area contributed by atoms with Gasteiger partial charge in [0.1, 0.15) is 0 Å². The molecule has 0 aromatic rings. The molecule has 0 bridgehead atoms. The van der Waals surface area contributed by atoms with E-state index in [0.29, 0.717) is 11.5 Å². The van der Waals surface area contributed by atoms with Crippen LogP contribution in [-0.4, -0.2) is 43.8 Å². The number of hydrogen-bond donors (Lipinski definition) is 1. The van der Waals surface area contributed by atoms with Gasteiger partial charge in [0.2, 0.25) is 0 Å². The zero-order chi connectivity index (χ0) is 11.3. The Hall–Kier alpha value is -0.120. The maximum Gasteiger partial charge on any atom is 0.0593 e. The fourth-order valence-corrected chi connectivity index (χ4v) is 2.20. The van der Waals surface area contributed by atoms with Gasteiger partial charge in [0, 0.05) is 32.3 Å². The molecule has 0 aromatic heterocycles. The Balaban J connectivity index is 2.48. The monoisotopic (exact) mass is 214 g/mol. The molecule has 0 radical (unpaired) electrons. The van der Waals surface area contributed by atoms with Crippen LogP contribution in [0, 0.1) is 5.41 Å². The lowest BCUT2D eigenvalue weighted by Crippen LogP contribution is -2.44. The van der Waals surface area contributed by atoms with Crippen LogP contribution in [0.3, 0.4) is 0 Å². The molecule has 90 valence electrons. The van der Waals surface area contributed by atoms with E-state index in [0.717, 1.165) is 39.3 Å². The summed E-state index contributed by atoms with van der Waals surface area (Å²) >= 11 is 0. The van der Waals surface area contributed by atoms with Crippen LogP contribution in [0.1, 0.15) is 33.6 Å². The van der Waals surface area contributed by atoms with Crippen LogP contribution in [-0.2, 0) is 4.74 Å². The predicted molar refractivity (Wildman–Crippen MR) is 63.9 cm³/mol. The van der Waals surface area contributed by atoms with E-state index in [9.17, 15) is 0 Å². The Morgan fingerprint density at radius 1 is 1.27 bits per heavy atom. The molecule has 0 amide bonds. The number of ether oxygens (including phenoxy) is 1. The first kappa shape index (κ1) is 12.9. The first-order valence-corrected chi connectivity index (χ1v) is 6.05. The third-order valence-electron chi connectivity index (χ3n) is 2.89. The Morgan fingerprint density at radius 2 is 2.00 bits per heavy atom. The van der Waals surface area contributed by atoms with Crippen LogP contribution in [0.5, 0.6) is 0 Å². The van der Waals surface area contributed by atoms with Gasteiger partial charge in [0.25, 0.3) is 0 Å². The van der Waals surface area contributed by atoms with E-state index >= 15 is 0 Å². The molecule has 1 atom stereocenters. The van der Waals surface area contributed by atoms with E-state index in [1.807, 2.05) is 0 Å². The summed E-state index contributed by atoms with van der Waals surface area (Å²) in [6, 6.07) is 0.520. The van der Waals surface area contributed by atoms with Gasteiger partial charge in [-0.3, -0.25) is 4.90 Å². The topological polar surface area (TPSA) is 38.5 Å². The first-order chi connectivity index (χ1) is 7.03. The third-order valence-corrected chi connectivity index (χ3v) is 2.89. The molecule has 0 spiro atoms. The van der Waals surface area contributed by atoms with Gasteiger partial charge in [-0.05, 0) is 18.3 Å². The summed E-state index contributed by atoms with van der Waals surface area (Å²) in [5.41, 5.74) is 6.24. The average Bonchev–Trinajstić information content (AvgIpc) is 2.40. The molecule has 1 saturated heterocycles. The van der Waals surface area contributed by atoms with Gasteiger partial charge in [0.05, 0.1) is 6.61 Å². The van der Waals surface area contributed by atoms with Crippen molar-refractivity contribution in [3.63, 3.8) is 0 Å². The van der Waals surface area contributed by atoms with Crippen molar-refractivity contribution in [1.82, 2.24) is 4.90 Å². The van der Waals surface area contributed by atoms with Gasteiger partial charge < -0.3 is 10.5 Å². The van der Waals surface area contributed by atoms with Crippen molar-refractivity contribution in [3.8, 4) is 0 Å². The van der Waals surface area contributed by atoms with Gasteiger partial charge >= 0.3 is 0 Å². The van der Waals surface area contributed by atoms with Crippen LogP contribution < -0.4 is 5.73 Å². The lowest BCUT2D eigenvalue weighted by molar-refractivity contribution is 0.120. The molecule has 1 unspecified atom stereocenters. The molecule has 1 heterocycles. The van der Waals surface area contributed by atoms with Gasteiger partial charge in [0.15, 0.2) is 0 Å². The number of nitrogens with zero attached hydrogens (tertiary/aromatic N) is 1. The second-order valence-electron chi connectivity index (χ2n) is 5.66. The van der Waals surface area contributed by atoms with Crippen molar-refractivity contribution in [2.45, 2.75) is 39.7 Å². The molecule has 1 aliphatic rings. The largest absolute Gasteiger partial charge is 0.380 e. The molecule has 3 nitrogen and oxygen atoms in total. The minimum Gasteiger partial charge on any atom is -0.380 e.